The third-order valence-corrected chi connectivity index (χ3v) is 2.26. The molecule has 0 saturated heterocycles. The van der Waals surface area contributed by atoms with Crippen molar-refractivity contribution in [2.24, 2.45) is 5.84 Å². The minimum absolute atomic E-state index is 0.0228. The Morgan fingerprint density at radius 1 is 1.56 bits per heavy atom. The van der Waals surface area contributed by atoms with E-state index < -0.39 is 18.6 Å². The Morgan fingerprint density at radius 3 is 2.67 bits per heavy atom. The number of aryl methyl sites for hydroxylation is 1. The molecule has 8 heteroatoms. The molecular formula is C10H14F3N3O2. The molecule has 1 aromatic heterocycles. The molecule has 1 aromatic rings. The van der Waals surface area contributed by atoms with Crippen LogP contribution in [-0.2, 0) is 6.54 Å². The Kier molecular flexibility index (Phi) is 4.36. The Labute approximate surface area is 102 Å². The number of rotatable bonds is 4. The first-order valence-electron chi connectivity index (χ1n) is 5.08. The third kappa shape index (κ3) is 4.04. The summed E-state index contributed by atoms with van der Waals surface area (Å²) in [6, 6.07) is 1.38. The molecule has 0 saturated carbocycles. The Morgan fingerprint density at radius 2 is 2.17 bits per heavy atom. The van der Waals surface area contributed by atoms with Crippen LogP contribution in [0.25, 0.3) is 0 Å². The number of nitrogens with two attached hydrogens (primary N) is 1. The van der Waals surface area contributed by atoms with E-state index in [1.54, 1.807) is 6.92 Å². The van der Waals surface area contributed by atoms with Crippen LogP contribution in [0, 0.1) is 6.92 Å². The quantitative estimate of drug-likeness (QED) is 0.487. The van der Waals surface area contributed by atoms with Gasteiger partial charge in [0.15, 0.2) is 5.76 Å². The molecule has 102 valence electrons. The molecule has 0 atom stereocenters. The van der Waals surface area contributed by atoms with Gasteiger partial charge < -0.3 is 4.42 Å². The molecular weight excluding hydrogens is 251 g/mol. The van der Waals surface area contributed by atoms with E-state index in [1.807, 2.05) is 5.43 Å². The zero-order valence-electron chi connectivity index (χ0n) is 9.97. The lowest BCUT2D eigenvalue weighted by atomic mass is 10.2. The number of furan rings is 1. The zero-order valence-corrected chi connectivity index (χ0v) is 9.97. The molecule has 0 fully saturated rings. The van der Waals surface area contributed by atoms with Gasteiger partial charge in [0, 0.05) is 12.1 Å². The van der Waals surface area contributed by atoms with E-state index in [0.717, 1.165) is 4.90 Å². The number of carbonyl (C=O) groups excluding carboxylic acids is 1. The third-order valence-electron chi connectivity index (χ3n) is 2.26. The predicted octanol–water partition coefficient (Wildman–Crippen LogP) is 1.19. The van der Waals surface area contributed by atoms with Crippen molar-refractivity contribution in [1.82, 2.24) is 10.3 Å². The number of alkyl halides is 3. The predicted molar refractivity (Wildman–Crippen MR) is 57.5 cm³/mol. The summed E-state index contributed by atoms with van der Waals surface area (Å²) in [6.07, 6.45) is -4.26. The van der Waals surface area contributed by atoms with Crippen molar-refractivity contribution in [2.75, 3.05) is 13.6 Å². The van der Waals surface area contributed by atoms with Crippen LogP contribution in [0.4, 0.5) is 13.2 Å². The molecule has 0 aliphatic rings. The van der Waals surface area contributed by atoms with Crippen molar-refractivity contribution in [1.29, 1.82) is 0 Å². The first-order valence-corrected chi connectivity index (χ1v) is 5.08. The van der Waals surface area contributed by atoms with E-state index in [0.29, 0.717) is 11.3 Å². The van der Waals surface area contributed by atoms with Crippen molar-refractivity contribution >= 4 is 5.91 Å². The van der Waals surface area contributed by atoms with Gasteiger partial charge >= 0.3 is 12.1 Å². The molecule has 0 unspecified atom stereocenters. The molecule has 1 rings (SSSR count). The topological polar surface area (TPSA) is 71.5 Å². The molecule has 0 aliphatic carbocycles. The van der Waals surface area contributed by atoms with E-state index in [-0.39, 0.29) is 12.3 Å². The summed E-state index contributed by atoms with van der Waals surface area (Å²) in [5.74, 6) is 4.68. The number of amides is 1. The molecule has 3 N–H and O–H groups in total. The highest BCUT2D eigenvalue weighted by Crippen LogP contribution is 2.20. The number of hydrazine groups is 1. The Balaban J connectivity index is 2.73. The number of halogens is 3. The fourth-order valence-electron chi connectivity index (χ4n) is 1.51. The summed E-state index contributed by atoms with van der Waals surface area (Å²) in [4.78, 5) is 12.3. The number of carbonyl (C=O) groups is 1. The molecule has 1 amide bonds. The molecule has 0 radical (unpaired) electrons. The maximum atomic E-state index is 12.2. The maximum absolute atomic E-state index is 12.2. The molecule has 0 spiro atoms. The van der Waals surface area contributed by atoms with Crippen molar-refractivity contribution < 1.29 is 22.4 Å². The number of hydrogen-bond donors (Lipinski definition) is 2. The van der Waals surface area contributed by atoms with Gasteiger partial charge in [0.25, 0.3) is 0 Å². The standard InChI is InChI=1S/C10H14F3N3O2/c1-6-7(3-8(18-6)9(17)15-14)4-16(2)5-10(11,12)13/h3H,4-5,14H2,1-2H3,(H,15,17). The van der Waals surface area contributed by atoms with Gasteiger partial charge in [0.05, 0.1) is 6.54 Å². The van der Waals surface area contributed by atoms with Gasteiger partial charge in [0.2, 0.25) is 0 Å². The SMILES string of the molecule is Cc1oc(C(=O)NN)cc1CN(C)CC(F)(F)F. The fraction of sp³-hybridized carbons (Fsp3) is 0.500. The van der Waals surface area contributed by atoms with Gasteiger partial charge in [-0.1, -0.05) is 0 Å². The van der Waals surface area contributed by atoms with E-state index in [1.165, 1.54) is 13.1 Å². The molecule has 1 heterocycles. The number of nitrogens with zero attached hydrogens (tertiary/aromatic N) is 1. The smallest absolute Gasteiger partial charge is 0.401 e. The van der Waals surface area contributed by atoms with E-state index in [2.05, 4.69) is 0 Å². The number of nitrogens with one attached hydrogen (secondary N) is 1. The minimum Gasteiger partial charge on any atom is -0.456 e. The van der Waals surface area contributed by atoms with Gasteiger partial charge in [-0.2, -0.15) is 13.2 Å². The molecule has 0 aromatic carbocycles. The van der Waals surface area contributed by atoms with Crippen molar-refractivity contribution in [2.45, 2.75) is 19.6 Å². The summed E-state index contributed by atoms with van der Waals surface area (Å²) in [5, 5.41) is 0. The summed E-state index contributed by atoms with van der Waals surface area (Å²) in [6.45, 7) is 0.576. The fourth-order valence-corrected chi connectivity index (χ4v) is 1.51. The number of nitrogen functional groups attached to an aromatic ring is 1. The first kappa shape index (κ1) is 14.5. The van der Waals surface area contributed by atoms with Crippen molar-refractivity contribution in [3.8, 4) is 0 Å². The van der Waals surface area contributed by atoms with Gasteiger partial charge in [-0.05, 0) is 20.0 Å². The lowest BCUT2D eigenvalue weighted by molar-refractivity contribution is -0.144. The summed E-state index contributed by atoms with van der Waals surface area (Å²) in [7, 11) is 1.34. The Hall–Kier alpha value is -1.54. The Bertz CT molecular complexity index is 428. The van der Waals surface area contributed by atoms with Crippen LogP contribution in [0.2, 0.25) is 0 Å². The second-order valence-corrected chi connectivity index (χ2v) is 3.95. The van der Waals surface area contributed by atoms with Crippen molar-refractivity contribution in [3.05, 3.63) is 23.2 Å². The zero-order chi connectivity index (χ0) is 13.9. The lowest BCUT2D eigenvalue weighted by Gasteiger charge is -2.17. The van der Waals surface area contributed by atoms with Crippen LogP contribution < -0.4 is 11.3 Å². The number of hydrogen-bond acceptors (Lipinski definition) is 4. The maximum Gasteiger partial charge on any atom is 0.401 e. The monoisotopic (exact) mass is 265 g/mol. The average Bonchev–Trinajstić information content (AvgIpc) is 2.56. The summed E-state index contributed by atoms with van der Waals surface area (Å²) >= 11 is 0. The van der Waals surface area contributed by atoms with E-state index in [4.69, 9.17) is 10.3 Å². The highest BCUT2D eigenvalue weighted by molar-refractivity contribution is 5.91. The second-order valence-electron chi connectivity index (χ2n) is 3.95. The van der Waals surface area contributed by atoms with Crippen LogP contribution in [0.5, 0.6) is 0 Å². The largest absolute Gasteiger partial charge is 0.456 e. The summed E-state index contributed by atoms with van der Waals surface area (Å²) in [5.41, 5.74) is 2.40. The molecule has 0 bridgehead atoms. The van der Waals surface area contributed by atoms with Crippen molar-refractivity contribution in [3.63, 3.8) is 0 Å². The van der Waals surface area contributed by atoms with E-state index in [9.17, 15) is 18.0 Å². The average molecular weight is 265 g/mol. The first-order chi connectivity index (χ1) is 8.23. The van der Waals surface area contributed by atoms with Gasteiger partial charge in [-0.25, -0.2) is 5.84 Å². The van der Waals surface area contributed by atoms with Gasteiger partial charge in [-0.15, -0.1) is 0 Å². The van der Waals surface area contributed by atoms with Crippen LogP contribution in [0.3, 0.4) is 0 Å². The van der Waals surface area contributed by atoms with Gasteiger partial charge in [0.1, 0.15) is 5.76 Å². The molecule has 18 heavy (non-hydrogen) atoms. The highest BCUT2D eigenvalue weighted by atomic mass is 19.4. The van der Waals surface area contributed by atoms with Crippen LogP contribution >= 0.6 is 0 Å². The lowest BCUT2D eigenvalue weighted by Crippen LogP contribution is -2.30. The minimum atomic E-state index is -4.26. The molecule has 5 nitrogen and oxygen atoms in total. The van der Waals surface area contributed by atoms with Gasteiger partial charge in [-0.3, -0.25) is 15.1 Å². The second kappa shape index (κ2) is 5.40. The summed E-state index contributed by atoms with van der Waals surface area (Å²) < 4.78 is 41.6. The van der Waals surface area contributed by atoms with Crippen LogP contribution in [0.1, 0.15) is 21.9 Å². The molecule has 0 aliphatic heterocycles. The highest BCUT2D eigenvalue weighted by Gasteiger charge is 2.29. The van der Waals surface area contributed by atoms with E-state index >= 15 is 0 Å². The van der Waals surface area contributed by atoms with Crippen LogP contribution in [0.15, 0.2) is 10.5 Å². The van der Waals surface area contributed by atoms with Crippen LogP contribution in [-0.4, -0.2) is 30.6 Å². The normalized spacial score (nSPS) is 11.9.